The van der Waals surface area contributed by atoms with E-state index in [4.69, 9.17) is 14.2 Å². The second-order valence-corrected chi connectivity index (χ2v) is 15.7. The SMILES string of the molecule is CC/C=C\C/C=C\C/C=C\CC(=O)OCC(COC(=O)CCCCCCCCCCCCCCCCCCCC)OC(=O)CCCCCCCCCCCC. The van der Waals surface area contributed by atoms with Crippen molar-refractivity contribution in [3.63, 3.8) is 0 Å². The first-order valence-electron chi connectivity index (χ1n) is 23.5. The van der Waals surface area contributed by atoms with Gasteiger partial charge >= 0.3 is 17.9 Å². The third-order valence-corrected chi connectivity index (χ3v) is 10.2. The average molecular weight is 773 g/mol. The van der Waals surface area contributed by atoms with Crippen LogP contribution in [-0.2, 0) is 28.6 Å². The van der Waals surface area contributed by atoms with Crippen LogP contribution in [0.15, 0.2) is 36.5 Å². The van der Waals surface area contributed by atoms with Gasteiger partial charge < -0.3 is 14.2 Å². The minimum atomic E-state index is -0.799. The molecule has 0 aliphatic rings. The van der Waals surface area contributed by atoms with Gasteiger partial charge in [-0.3, -0.25) is 14.4 Å². The lowest BCUT2D eigenvalue weighted by molar-refractivity contribution is -0.166. The van der Waals surface area contributed by atoms with Gasteiger partial charge in [0, 0.05) is 12.8 Å². The number of esters is 3. The van der Waals surface area contributed by atoms with Gasteiger partial charge in [0.25, 0.3) is 0 Å². The number of unbranched alkanes of at least 4 members (excludes halogenated alkanes) is 26. The molecule has 0 amide bonds. The fraction of sp³-hybridized carbons (Fsp3) is 0.816. The van der Waals surface area contributed by atoms with Gasteiger partial charge in [0.15, 0.2) is 6.10 Å². The van der Waals surface area contributed by atoms with Crippen molar-refractivity contribution in [2.24, 2.45) is 0 Å². The molecule has 1 atom stereocenters. The number of ether oxygens (including phenoxy) is 3. The van der Waals surface area contributed by atoms with Gasteiger partial charge in [-0.1, -0.05) is 224 Å². The highest BCUT2D eigenvalue weighted by atomic mass is 16.6. The maximum atomic E-state index is 12.7. The van der Waals surface area contributed by atoms with Crippen LogP contribution in [0.2, 0.25) is 0 Å². The van der Waals surface area contributed by atoms with Crippen molar-refractivity contribution < 1.29 is 28.6 Å². The van der Waals surface area contributed by atoms with Gasteiger partial charge in [0.05, 0.1) is 6.42 Å². The van der Waals surface area contributed by atoms with Gasteiger partial charge in [-0.2, -0.15) is 0 Å². The molecular weight excluding hydrogens is 685 g/mol. The highest BCUT2D eigenvalue weighted by molar-refractivity contribution is 5.72. The summed E-state index contributed by atoms with van der Waals surface area (Å²) >= 11 is 0. The van der Waals surface area contributed by atoms with E-state index in [9.17, 15) is 14.4 Å². The summed E-state index contributed by atoms with van der Waals surface area (Å²) in [5.41, 5.74) is 0. The Morgan fingerprint density at radius 1 is 0.382 bits per heavy atom. The maximum absolute atomic E-state index is 12.7. The number of carbonyl (C=O) groups is 3. The number of allylic oxidation sites excluding steroid dienone is 5. The molecular formula is C49H88O6. The fourth-order valence-corrected chi connectivity index (χ4v) is 6.68. The summed E-state index contributed by atoms with van der Waals surface area (Å²) in [5, 5.41) is 0. The normalized spacial score (nSPS) is 12.3. The Morgan fingerprint density at radius 3 is 1.11 bits per heavy atom. The summed E-state index contributed by atoms with van der Waals surface area (Å²) in [4.78, 5) is 37.6. The Balaban J connectivity index is 4.28. The Kier molecular flexibility index (Phi) is 42.4. The van der Waals surface area contributed by atoms with Crippen LogP contribution in [0, 0.1) is 0 Å². The molecule has 0 rings (SSSR count). The van der Waals surface area contributed by atoms with Crippen LogP contribution < -0.4 is 0 Å². The molecule has 0 aromatic heterocycles. The van der Waals surface area contributed by atoms with Crippen molar-refractivity contribution in [2.75, 3.05) is 13.2 Å². The van der Waals surface area contributed by atoms with Crippen molar-refractivity contribution in [1.82, 2.24) is 0 Å². The highest BCUT2D eigenvalue weighted by Gasteiger charge is 2.19. The molecule has 1 unspecified atom stereocenters. The first-order valence-corrected chi connectivity index (χ1v) is 23.5. The standard InChI is InChI=1S/C49H88O6/c1-4-7-10-13-16-19-21-22-23-24-25-26-27-28-31-33-36-39-42-48(51)54-45-46(44-53-47(50)41-38-35-32-29-18-15-12-9-6-3)55-49(52)43-40-37-34-30-20-17-14-11-8-5-2/h9,12,18,29,35,38,46H,4-8,10-11,13-17,19-28,30-34,36-37,39-45H2,1-3H3/b12-9-,29-18-,38-35-. The summed E-state index contributed by atoms with van der Waals surface area (Å²) < 4.78 is 16.6. The molecule has 0 saturated carbocycles. The van der Waals surface area contributed by atoms with E-state index in [1.165, 1.54) is 141 Å². The molecule has 0 aliphatic heterocycles. The quantitative estimate of drug-likeness (QED) is 0.0266. The second kappa shape index (κ2) is 44.3. The van der Waals surface area contributed by atoms with E-state index in [0.29, 0.717) is 12.8 Å². The van der Waals surface area contributed by atoms with E-state index in [1.807, 2.05) is 6.08 Å². The van der Waals surface area contributed by atoms with Crippen LogP contribution in [0.25, 0.3) is 0 Å². The Labute approximate surface area is 340 Å². The summed E-state index contributed by atoms with van der Waals surface area (Å²) in [6.45, 7) is 6.42. The molecule has 0 fully saturated rings. The van der Waals surface area contributed by atoms with Crippen LogP contribution in [0.4, 0.5) is 0 Å². The van der Waals surface area contributed by atoms with Gasteiger partial charge in [-0.15, -0.1) is 0 Å². The fourth-order valence-electron chi connectivity index (χ4n) is 6.68. The highest BCUT2D eigenvalue weighted by Crippen LogP contribution is 2.16. The monoisotopic (exact) mass is 773 g/mol. The molecule has 0 aliphatic carbocycles. The molecule has 6 nitrogen and oxygen atoms in total. The van der Waals surface area contributed by atoms with E-state index < -0.39 is 12.1 Å². The van der Waals surface area contributed by atoms with Crippen LogP contribution in [-0.4, -0.2) is 37.2 Å². The van der Waals surface area contributed by atoms with E-state index in [1.54, 1.807) is 6.08 Å². The van der Waals surface area contributed by atoms with Crippen LogP contribution in [0.1, 0.15) is 239 Å². The maximum Gasteiger partial charge on any atom is 0.309 e. The lowest BCUT2D eigenvalue weighted by Crippen LogP contribution is -2.30. The number of hydrogen-bond donors (Lipinski definition) is 0. The molecule has 0 bridgehead atoms. The van der Waals surface area contributed by atoms with Crippen LogP contribution in [0.3, 0.4) is 0 Å². The van der Waals surface area contributed by atoms with Crippen LogP contribution in [0.5, 0.6) is 0 Å². The van der Waals surface area contributed by atoms with Crippen molar-refractivity contribution >= 4 is 17.9 Å². The minimum Gasteiger partial charge on any atom is -0.462 e. The van der Waals surface area contributed by atoms with Crippen molar-refractivity contribution in [3.05, 3.63) is 36.5 Å². The molecule has 6 heteroatoms. The van der Waals surface area contributed by atoms with Gasteiger partial charge in [-0.05, 0) is 32.1 Å². The molecule has 55 heavy (non-hydrogen) atoms. The van der Waals surface area contributed by atoms with E-state index in [-0.39, 0.29) is 31.6 Å². The molecule has 0 saturated heterocycles. The topological polar surface area (TPSA) is 78.9 Å². The number of rotatable bonds is 42. The Bertz CT molecular complexity index is 938. The van der Waals surface area contributed by atoms with Crippen molar-refractivity contribution in [1.29, 1.82) is 0 Å². The van der Waals surface area contributed by atoms with Gasteiger partial charge in [0.2, 0.25) is 0 Å². The average Bonchev–Trinajstić information content (AvgIpc) is 3.18. The van der Waals surface area contributed by atoms with Crippen LogP contribution >= 0.6 is 0 Å². The number of carbonyl (C=O) groups excluding carboxylic acids is 3. The summed E-state index contributed by atoms with van der Waals surface area (Å²) in [5.74, 6) is -1.02. The first-order chi connectivity index (χ1) is 27.0. The van der Waals surface area contributed by atoms with Gasteiger partial charge in [-0.25, -0.2) is 0 Å². The third-order valence-electron chi connectivity index (χ3n) is 10.2. The molecule has 0 aromatic rings. The third kappa shape index (κ3) is 42.6. The smallest absolute Gasteiger partial charge is 0.309 e. The number of hydrogen-bond acceptors (Lipinski definition) is 6. The second-order valence-electron chi connectivity index (χ2n) is 15.7. The zero-order chi connectivity index (χ0) is 40.1. The minimum absolute atomic E-state index is 0.0952. The zero-order valence-corrected chi connectivity index (χ0v) is 36.4. The Hall–Kier alpha value is -2.37. The van der Waals surface area contributed by atoms with Crippen molar-refractivity contribution in [3.8, 4) is 0 Å². The van der Waals surface area contributed by atoms with Crippen molar-refractivity contribution in [2.45, 2.75) is 245 Å². The predicted octanol–water partition coefficient (Wildman–Crippen LogP) is 15.0. The molecule has 0 spiro atoms. The predicted molar refractivity (Wildman–Crippen MR) is 233 cm³/mol. The molecule has 0 heterocycles. The summed E-state index contributed by atoms with van der Waals surface area (Å²) in [7, 11) is 0. The lowest BCUT2D eigenvalue weighted by atomic mass is 10.0. The molecule has 0 radical (unpaired) electrons. The Morgan fingerprint density at radius 2 is 0.709 bits per heavy atom. The van der Waals surface area contributed by atoms with E-state index in [0.717, 1.165) is 57.8 Å². The lowest BCUT2D eigenvalue weighted by Gasteiger charge is -2.18. The molecule has 0 N–H and O–H groups in total. The van der Waals surface area contributed by atoms with E-state index >= 15 is 0 Å². The largest absolute Gasteiger partial charge is 0.462 e. The molecule has 320 valence electrons. The molecule has 0 aromatic carbocycles. The van der Waals surface area contributed by atoms with E-state index in [2.05, 4.69) is 45.1 Å². The summed E-state index contributed by atoms with van der Waals surface area (Å²) in [6, 6.07) is 0. The zero-order valence-electron chi connectivity index (χ0n) is 36.4. The first kappa shape index (κ1) is 52.6. The summed E-state index contributed by atoms with van der Waals surface area (Å²) in [6.07, 6.45) is 50.3. The van der Waals surface area contributed by atoms with Gasteiger partial charge in [0.1, 0.15) is 13.2 Å².